The Morgan fingerprint density at radius 2 is 0.889 bits per heavy atom. The Balaban J connectivity index is 1.43. The van der Waals surface area contributed by atoms with Gasteiger partial charge in [0.1, 0.15) is 0 Å². The third-order valence-corrected chi connectivity index (χ3v) is 7.38. The molecule has 0 nitrogen and oxygen atoms in total. The summed E-state index contributed by atoms with van der Waals surface area (Å²) in [5.74, 6) is 0. The quantitative estimate of drug-likeness (QED) is 0.373. The van der Waals surface area contributed by atoms with Gasteiger partial charge in [0, 0.05) is 0 Å². The molecule has 2 aliphatic carbocycles. The number of fused-ring (bicyclic) bond motifs is 6. The molecule has 0 spiro atoms. The average molecular weight is 386 g/mol. The van der Waals surface area contributed by atoms with E-state index in [1.807, 2.05) is 0 Å². The van der Waals surface area contributed by atoms with Crippen LogP contribution in [0.4, 0.5) is 0 Å². The van der Waals surface area contributed by atoms with Crippen LogP contribution in [0.2, 0.25) is 0 Å². The number of rotatable bonds is 2. The van der Waals surface area contributed by atoms with Crippen molar-refractivity contribution >= 4 is 8.92 Å². The first-order chi connectivity index (χ1) is 13.4. The van der Waals surface area contributed by atoms with E-state index in [4.69, 9.17) is 0 Å². The molecule has 0 radical (unpaired) electrons. The van der Waals surface area contributed by atoms with Crippen molar-refractivity contribution in [2.75, 3.05) is 0 Å². The molecule has 6 rings (SSSR count). The van der Waals surface area contributed by atoms with Gasteiger partial charge in [0.05, 0.1) is 0 Å². The summed E-state index contributed by atoms with van der Waals surface area (Å²) >= 11 is 1.02. The summed E-state index contributed by atoms with van der Waals surface area (Å²) in [4.78, 5) is 0. The molecule has 0 heterocycles. The first kappa shape index (κ1) is 15.5. The summed E-state index contributed by atoms with van der Waals surface area (Å²) in [6.45, 7) is 0. The van der Waals surface area contributed by atoms with Gasteiger partial charge >= 0.3 is 166 Å². The van der Waals surface area contributed by atoms with Gasteiger partial charge in [0.2, 0.25) is 0 Å². The fourth-order valence-electron chi connectivity index (χ4n) is 4.49. The summed E-state index contributed by atoms with van der Waals surface area (Å²) in [7, 11) is 0. The summed E-state index contributed by atoms with van der Waals surface area (Å²) in [6.07, 6.45) is 2.13. The van der Waals surface area contributed by atoms with Crippen molar-refractivity contribution in [3.63, 3.8) is 0 Å². The van der Waals surface area contributed by atoms with Crippen LogP contribution in [0.5, 0.6) is 0 Å². The van der Waals surface area contributed by atoms with Crippen molar-refractivity contribution in [3.8, 4) is 22.3 Å². The van der Waals surface area contributed by atoms with Gasteiger partial charge in [-0.2, -0.15) is 0 Å². The first-order valence-electron chi connectivity index (χ1n) is 9.41. The molecule has 0 amide bonds. The molecule has 0 saturated carbocycles. The van der Waals surface area contributed by atoms with E-state index in [0.29, 0.717) is 0 Å². The second kappa shape index (κ2) is 5.96. The molecule has 0 N–H and O–H groups in total. The van der Waals surface area contributed by atoms with E-state index in [0.717, 1.165) is 27.8 Å². The average Bonchev–Trinajstić information content (AvgIpc) is 3.28. The Morgan fingerprint density at radius 3 is 1.41 bits per heavy atom. The van der Waals surface area contributed by atoms with Crippen LogP contribution in [0.15, 0.2) is 84.9 Å². The van der Waals surface area contributed by atoms with Gasteiger partial charge in [-0.15, -0.1) is 0 Å². The predicted molar refractivity (Wildman–Crippen MR) is 109 cm³/mol. The van der Waals surface area contributed by atoms with E-state index in [-0.39, 0.29) is 0 Å². The SMILES string of the molecule is c1ccc2c(c1)Cc1[c]([Fe][c]3cccc4c3Cc3ccccc3-4)cccc1-2. The van der Waals surface area contributed by atoms with E-state index >= 15 is 0 Å². The van der Waals surface area contributed by atoms with E-state index in [1.54, 1.807) is 0 Å². The second-order valence-electron chi connectivity index (χ2n) is 7.26. The maximum absolute atomic E-state index is 2.33. The minimum atomic E-state index is 1.02. The van der Waals surface area contributed by atoms with Crippen LogP contribution in [-0.2, 0) is 27.8 Å². The normalized spacial score (nSPS) is 13.2. The van der Waals surface area contributed by atoms with Crippen LogP contribution in [-0.4, -0.2) is 0 Å². The molecule has 0 atom stereocenters. The van der Waals surface area contributed by atoms with Crippen molar-refractivity contribution in [2.24, 2.45) is 0 Å². The zero-order valence-corrected chi connectivity index (χ0v) is 16.0. The molecule has 0 fully saturated rings. The van der Waals surface area contributed by atoms with Crippen LogP contribution in [0.25, 0.3) is 22.3 Å². The molecule has 4 aromatic rings. The summed E-state index contributed by atoms with van der Waals surface area (Å²) in [6, 6.07) is 31.4. The fourth-order valence-corrected chi connectivity index (χ4v) is 6.03. The molecular weight excluding hydrogens is 368 g/mol. The molecule has 0 unspecified atom stereocenters. The summed E-state index contributed by atoms with van der Waals surface area (Å²) in [5.41, 5.74) is 11.7. The molecule has 0 aromatic heterocycles. The molecule has 130 valence electrons. The van der Waals surface area contributed by atoms with Gasteiger partial charge in [-0.1, -0.05) is 0 Å². The van der Waals surface area contributed by atoms with Gasteiger partial charge < -0.3 is 0 Å². The topological polar surface area (TPSA) is 0 Å². The van der Waals surface area contributed by atoms with E-state index in [9.17, 15) is 0 Å². The van der Waals surface area contributed by atoms with Crippen molar-refractivity contribution in [1.82, 2.24) is 0 Å². The number of hydrogen-bond donors (Lipinski definition) is 0. The van der Waals surface area contributed by atoms with Crippen LogP contribution >= 0.6 is 0 Å². The summed E-state index contributed by atoms with van der Waals surface area (Å²) < 4.78 is 2.96. The first-order valence-corrected chi connectivity index (χ1v) is 10.5. The molecule has 0 saturated heterocycles. The van der Waals surface area contributed by atoms with Crippen molar-refractivity contribution in [2.45, 2.75) is 12.8 Å². The number of benzene rings is 4. The van der Waals surface area contributed by atoms with E-state index < -0.39 is 0 Å². The molecular formula is C26H18Fe. The molecule has 0 bridgehead atoms. The van der Waals surface area contributed by atoms with Crippen LogP contribution in [0, 0.1) is 0 Å². The molecule has 1 heteroatoms. The van der Waals surface area contributed by atoms with Crippen molar-refractivity contribution in [1.29, 1.82) is 0 Å². The molecule has 4 aromatic carbocycles. The zero-order valence-electron chi connectivity index (χ0n) is 14.9. The third-order valence-electron chi connectivity index (χ3n) is 5.75. The monoisotopic (exact) mass is 386 g/mol. The Labute approximate surface area is 166 Å². The molecule has 27 heavy (non-hydrogen) atoms. The fraction of sp³-hybridized carbons (Fsp3) is 0.0769. The van der Waals surface area contributed by atoms with Crippen LogP contribution in [0.3, 0.4) is 0 Å². The minimum absolute atomic E-state index is 1.02. The Bertz CT molecular complexity index is 1110. The van der Waals surface area contributed by atoms with Gasteiger partial charge in [-0.25, -0.2) is 0 Å². The van der Waals surface area contributed by atoms with E-state index in [1.165, 1.54) is 53.4 Å². The van der Waals surface area contributed by atoms with Gasteiger partial charge in [-0.05, 0) is 0 Å². The molecule has 0 aliphatic heterocycles. The number of hydrogen-bond acceptors (Lipinski definition) is 0. The van der Waals surface area contributed by atoms with E-state index in [2.05, 4.69) is 84.9 Å². The van der Waals surface area contributed by atoms with Crippen molar-refractivity contribution < 1.29 is 15.0 Å². The third kappa shape index (κ3) is 2.36. The van der Waals surface area contributed by atoms with Crippen molar-refractivity contribution in [3.05, 3.63) is 107 Å². The zero-order chi connectivity index (χ0) is 17.8. The molecule has 2 aliphatic rings. The Hall–Kier alpha value is -2.60. The van der Waals surface area contributed by atoms with Gasteiger partial charge in [0.15, 0.2) is 0 Å². The van der Waals surface area contributed by atoms with Gasteiger partial charge in [-0.3, -0.25) is 0 Å². The second-order valence-corrected chi connectivity index (χ2v) is 8.73. The summed E-state index contributed by atoms with van der Waals surface area (Å²) in [5, 5.41) is 0. The maximum atomic E-state index is 2.33. The van der Waals surface area contributed by atoms with Crippen LogP contribution in [0.1, 0.15) is 22.3 Å². The van der Waals surface area contributed by atoms with Crippen LogP contribution < -0.4 is 8.92 Å². The van der Waals surface area contributed by atoms with Gasteiger partial charge in [0.25, 0.3) is 0 Å². The Kier molecular flexibility index (Phi) is 3.41. The standard InChI is InChI=1S/2C13H9.Fe/c2*1-3-7-12-10(5-1)9-11-6-2-4-8-13(11)12;/h2*1-5,7-8H,9H2;. The Morgan fingerprint density at radius 1 is 0.444 bits per heavy atom. The predicted octanol–water partition coefficient (Wildman–Crippen LogP) is 4.86.